The third-order valence-corrected chi connectivity index (χ3v) is 9.95. The van der Waals surface area contributed by atoms with Gasteiger partial charge in [-0.1, -0.05) is 108 Å². The van der Waals surface area contributed by atoms with Crippen LogP contribution < -0.4 is 9.62 Å². The SMILES string of the molecule is CCCCNC(=O)[C@H](Cc1ccccc1)N(Cc1ccc(Br)cc1)C(=O)CN(c1cc(Cl)ccc1C)S(=O)(=O)c1ccccc1. The summed E-state index contributed by atoms with van der Waals surface area (Å²) in [6.07, 6.45) is 1.95. The summed E-state index contributed by atoms with van der Waals surface area (Å²) >= 11 is 9.80. The number of hydrogen-bond donors (Lipinski definition) is 1. The molecule has 10 heteroatoms. The summed E-state index contributed by atoms with van der Waals surface area (Å²) in [6.45, 7) is 3.83. The van der Waals surface area contributed by atoms with Gasteiger partial charge in [-0.2, -0.15) is 0 Å². The molecule has 0 heterocycles. The van der Waals surface area contributed by atoms with Gasteiger partial charge in [0.1, 0.15) is 12.6 Å². The summed E-state index contributed by atoms with van der Waals surface area (Å²) < 4.78 is 30.3. The average Bonchev–Trinajstić information content (AvgIpc) is 3.04. The van der Waals surface area contributed by atoms with Crippen LogP contribution in [0.3, 0.4) is 0 Å². The molecule has 0 unspecified atom stereocenters. The van der Waals surface area contributed by atoms with Gasteiger partial charge in [-0.05, 0) is 66.4 Å². The van der Waals surface area contributed by atoms with Crippen molar-refractivity contribution >= 4 is 55.1 Å². The third-order valence-electron chi connectivity index (χ3n) is 7.42. The number of aryl methyl sites for hydroxylation is 1. The normalized spacial score (nSPS) is 11.9. The average molecular weight is 711 g/mol. The Balaban J connectivity index is 1.81. The van der Waals surface area contributed by atoms with Crippen LogP contribution >= 0.6 is 27.5 Å². The van der Waals surface area contributed by atoms with Crippen molar-refractivity contribution in [3.05, 3.63) is 129 Å². The Hall–Kier alpha value is -3.66. The number of halogens is 2. The van der Waals surface area contributed by atoms with Crippen molar-refractivity contribution in [2.75, 3.05) is 17.4 Å². The standard InChI is InChI=1S/C35H37BrClN3O4S/c1-3-4-21-38-35(42)33(22-27-11-7-5-8-12-27)39(24-28-16-18-29(36)19-17-28)34(41)25-40(32-23-30(37)20-15-26(32)2)45(43,44)31-13-9-6-10-14-31/h5-20,23,33H,3-4,21-22,24-25H2,1-2H3,(H,38,42)/t33-/m0/s1. The Morgan fingerprint density at radius 1 is 0.889 bits per heavy atom. The van der Waals surface area contributed by atoms with E-state index in [-0.39, 0.29) is 29.5 Å². The smallest absolute Gasteiger partial charge is 0.264 e. The molecule has 0 aliphatic rings. The molecule has 0 fully saturated rings. The molecule has 2 amide bonds. The lowest BCUT2D eigenvalue weighted by Crippen LogP contribution is -2.53. The predicted octanol–water partition coefficient (Wildman–Crippen LogP) is 7.16. The van der Waals surface area contributed by atoms with Gasteiger partial charge in [0.15, 0.2) is 0 Å². The number of unbranched alkanes of at least 4 members (excludes halogenated alkanes) is 1. The monoisotopic (exact) mass is 709 g/mol. The first-order valence-corrected chi connectivity index (χ1v) is 17.4. The van der Waals surface area contributed by atoms with Gasteiger partial charge < -0.3 is 10.2 Å². The molecule has 0 saturated heterocycles. The van der Waals surface area contributed by atoms with Gasteiger partial charge in [-0.25, -0.2) is 8.42 Å². The molecular weight excluding hydrogens is 674 g/mol. The first kappa shape index (κ1) is 34.2. The van der Waals surface area contributed by atoms with Crippen LogP contribution in [0.15, 0.2) is 112 Å². The molecule has 0 aliphatic heterocycles. The van der Waals surface area contributed by atoms with Gasteiger partial charge in [-0.3, -0.25) is 13.9 Å². The van der Waals surface area contributed by atoms with Crippen molar-refractivity contribution < 1.29 is 18.0 Å². The number of amides is 2. The maximum absolute atomic E-state index is 14.5. The second-order valence-electron chi connectivity index (χ2n) is 10.8. The minimum atomic E-state index is -4.20. The molecular formula is C35H37BrClN3O4S. The number of nitrogens with one attached hydrogen (secondary N) is 1. The number of hydrogen-bond acceptors (Lipinski definition) is 4. The Kier molecular flexibility index (Phi) is 12.2. The lowest BCUT2D eigenvalue weighted by molar-refractivity contribution is -0.140. The Labute approximate surface area is 279 Å². The summed E-state index contributed by atoms with van der Waals surface area (Å²) in [5.74, 6) is -0.822. The predicted molar refractivity (Wildman–Crippen MR) is 184 cm³/mol. The molecule has 0 aliphatic carbocycles. The zero-order chi connectivity index (χ0) is 32.4. The minimum absolute atomic E-state index is 0.0368. The Morgan fingerprint density at radius 3 is 2.18 bits per heavy atom. The fourth-order valence-electron chi connectivity index (χ4n) is 4.93. The first-order chi connectivity index (χ1) is 21.6. The highest BCUT2D eigenvalue weighted by molar-refractivity contribution is 9.10. The number of carbonyl (C=O) groups is 2. The van der Waals surface area contributed by atoms with Gasteiger partial charge in [0, 0.05) is 29.0 Å². The van der Waals surface area contributed by atoms with Crippen LogP contribution in [0.5, 0.6) is 0 Å². The summed E-state index contributed by atoms with van der Waals surface area (Å²) in [5.41, 5.74) is 2.59. The highest BCUT2D eigenvalue weighted by atomic mass is 79.9. The number of anilines is 1. The van der Waals surface area contributed by atoms with Crippen molar-refractivity contribution in [3.63, 3.8) is 0 Å². The van der Waals surface area contributed by atoms with Gasteiger partial charge in [-0.15, -0.1) is 0 Å². The number of benzene rings is 4. The lowest BCUT2D eigenvalue weighted by Gasteiger charge is -2.34. The van der Waals surface area contributed by atoms with Crippen LogP contribution in [0.25, 0.3) is 0 Å². The van der Waals surface area contributed by atoms with E-state index in [0.717, 1.165) is 32.7 Å². The zero-order valence-electron chi connectivity index (χ0n) is 25.3. The molecule has 0 saturated carbocycles. The maximum Gasteiger partial charge on any atom is 0.264 e. The fourth-order valence-corrected chi connectivity index (χ4v) is 6.85. The van der Waals surface area contributed by atoms with E-state index < -0.39 is 28.5 Å². The van der Waals surface area contributed by atoms with E-state index in [9.17, 15) is 18.0 Å². The molecule has 7 nitrogen and oxygen atoms in total. The van der Waals surface area contributed by atoms with E-state index in [1.165, 1.54) is 17.0 Å². The first-order valence-electron chi connectivity index (χ1n) is 14.8. The molecule has 0 radical (unpaired) electrons. The topological polar surface area (TPSA) is 86.8 Å². The Bertz CT molecular complexity index is 1690. The Morgan fingerprint density at radius 2 is 1.53 bits per heavy atom. The van der Waals surface area contributed by atoms with Crippen LogP contribution in [0.4, 0.5) is 5.69 Å². The van der Waals surface area contributed by atoms with E-state index in [1.807, 2.05) is 61.5 Å². The zero-order valence-corrected chi connectivity index (χ0v) is 28.5. The van der Waals surface area contributed by atoms with Crippen molar-refractivity contribution in [3.8, 4) is 0 Å². The van der Waals surface area contributed by atoms with E-state index >= 15 is 0 Å². The molecule has 4 rings (SSSR count). The van der Waals surface area contributed by atoms with E-state index in [0.29, 0.717) is 17.1 Å². The maximum atomic E-state index is 14.5. The largest absolute Gasteiger partial charge is 0.354 e. The minimum Gasteiger partial charge on any atom is -0.354 e. The molecule has 4 aromatic carbocycles. The highest BCUT2D eigenvalue weighted by Gasteiger charge is 2.35. The van der Waals surface area contributed by atoms with Gasteiger partial charge in [0.05, 0.1) is 10.6 Å². The van der Waals surface area contributed by atoms with Crippen LogP contribution in [-0.4, -0.2) is 44.3 Å². The number of carbonyl (C=O) groups excluding carboxylic acids is 2. The van der Waals surface area contributed by atoms with Crippen molar-refractivity contribution in [2.24, 2.45) is 0 Å². The number of sulfonamides is 1. The van der Waals surface area contributed by atoms with E-state index in [4.69, 9.17) is 11.6 Å². The molecule has 1 N–H and O–H groups in total. The second-order valence-corrected chi connectivity index (χ2v) is 14.0. The molecule has 4 aromatic rings. The number of nitrogens with zero attached hydrogens (tertiary/aromatic N) is 2. The third kappa shape index (κ3) is 9.19. The van der Waals surface area contributed by atoms with E-state index in [2.05, 4.69) is 21.2 Å². The quantitative estimate of drug-likeness (QED) is 0.141. The van der Waals surface area contributed by atoms with Crippen molar-refractivity contribution in [1.82, 2.24) is 10.2 Å². The van der Waals surface area contributed by atoms with Gasteiger partial charge in [0.25, 0.3) is 10.0 Å². The summed E-state index contributed by atoms with van der Waals surface area (Å²) in [7, 11) is -4.20. The van der Waals surface area contributed by atoms with Crippen LogP contribution in [0, 0.1) is 6.92 Å². The fraction of sp³-hybridized carbons (Fsp3) is 0.257. The summed E-state index contributed by atoms with van der Waals surface area (Å²) in [5, 5.41) is 3.34. The highest BCUT2D eigenvalue weighted by Crippen LogP contribution is 2.30. The molecule has 0 bridgehead atoms. The van der Waals surface area contributed by atoms with E-state index in [1.54, 1.807) is 43.3 Å². The molecule has 1 atom stereocenters. The number of rotatable bonds is 14. The lowest BCUT2D eigenvalue weighted by atomic mass is 10.0. The molecule has 0 spiro atoms. The molecule has 0 aromatic heterocycles. The molecule has 236 valence electrons. The van der Waals surface area contributed by atoms with Crippen molar-refractivity contribution in [1.29, 1.82) is 0 Å². The van der Waals surface area contributed by atoms with Gasteiger partial charge in [0.2, 0.25) is 11.8 Å². The van der Waals surface area contributed by atoms with Gasteiger partial charge >= 0.3 is 0 Å². The van der Waals surface area contributed by atoms with Crippen molar-refractivity contribution in [2.45, 2.75) is 50.6 Å². The van der Waals surface area contributed by atoms with Crippen LogP contribution in [0.2, 0.25) is 5.02 Å². The second kappa shape index (κ2) is 16.1. The van der Waals surface area contributed by atoms with Crippen LogP contribution in [-0.2, 0) is 32.6 Å². The summed E-state index contributed by atoms with van der Waals surface area (Å²) in [6, 6.07) is 29.0. The van der Waals surface area contributed by atoms with Crippen LogP contribution in [0.1, 0.15) is 36.5 Å². The molecule has 45 heavy (non-hydrogen) atoms. The summed E-state index contributed by atoms with van der Waals surface area (Å²) in [4.78, 5) is 29.9.